The SMILES string of the molecule is Cc1cccnc1-n1c(S[C@@H](C)C(N)=O)nc2ccccc2c1=O. The molecule has 2 N–H and O–H groups in total. The van der Waals surface area contributed by atoms with E-state index < -0.39 is 11.2 Å². The lowest BCUT2D eigenvalue weighted by Crippen LogP contribution is -2.27. The van der Waals surface area contributed by atoms with Gasteiger partial charge in [0.25, 0.3) is 5.56 Å². The minimum Gasteiger partial charge on any atom is -0.369 e. The second-order valence-electron chi connectivity index (χ2n) is 5.36. The molecule has 0 bridgehead atoms. The molecule has 0 radical (unpaired) electrons. The fourth-order valence-corrected chi connectivity index (χ4v) is 3.16. The van der Waals surface area contributed by atoms with Crippen molar-refractivity contribution in [1.29, 1.82) is 0 Å². The summed E-state index contributed by atoms with van der Waals surface area (Å²) in [6.07, 6.45) is 1.62. The molecule has 0 spiro atoms. The van der Waals surface area contributed by atoms with Crippen molar-refractivity contribution in [2.24, 2.45) is 5.73 Å². The summed E-state index contributed by atoms with van der Waals surface area (Å²) in [6, 6.07) is 10.8. The highest BCUT2D eigenvalue weighted by atomic mass is 32.2. The number of primary amides is 1. The highest BCUT2D eigenvalue weighted by molar-refractivity contribution is 8.00. The van der Waals surface area contributed by atoms with E-state index in [4.69, 9.17) is 5.73 Å². The third-order valence-corrected chi connectivity index (χ3v) is 4.69. The van der Waals surface area contributed by atoms with Crippen LogP contribution in [0.25, 0.3) is 16.7 Å². The first-order chi connectivity index (χ1) is 11.5. The number of carbonyl (C=O) groups is 1. The molecule has 2 aromatic heterocycles. The van der Waals surface area contributed by atoms with Crippen molar-refractivity contribution >= 4 is 28.6 Å². The summed E-state index contributed by atoms with van der Waals surface area (Å²) in [5.74, 6) is 0.0339. The number of benzene rings is 1. The lowest BCUT2D eigenvalue weighted by atomic mass is 10.2. The molecule has 0 saturated carbocycles. The lowest BCUT2D eigenvalue weighted by molar-refractivity contribution is -0.117. The topological polar surface area (TPSA) is 90.9 Å². The van der Waals surface area contributed by atoms with Crippen LogP contribution in [0.15, 0.2) is 52.5 Å². The number of hydrogen-bond acceptors (Lipinski definition) is 5. The van der Waals surface area contributed by atoms with Crippen LogP contribution in [0.1, 0.15) is 12.5 Å². The number of rotatable bonds is 4. The van der Waals surface area contributed by atoms with E-state index in [9.17, 15) is 9.59 Å². The van der Waals surface area contributed by atoms with Crippen LogP contribution in [0.2, 0.25) is 0 Å². The predicted molar refractivity (Wildman–Crippen MR) is 94.4 cm³/mol. The van der Waals surface area contributed by atoms with E-state index in [1.165, 1.54) is 4.57 Å². The molecule has 122 valence electrons. The van der Waals surface area contributed by atoms with E-state index in [0.717, 1.165) is 17.3 Å². The van der Waals surface area contributed by atoms with Crippen LogP contribution >= 0.6 is 11.8 Å². The molecule has 3 aromatic rings. The number of hydrogen-bond donors (Lipinski definition) is 1. The Morgan fingerprint density at radius 3 is 2.71 bits per heavy atom. The van der Waals surface area contributed by atoms with Crippen LogP contribution in [0.3, 0.4) is 0 Å². The smallest absolute Gasteiger partial charge is 0.267 e. The van der Waals surface area contributed by atoms with Crippen LogP contribution < -0.4 is 11.3 Å². The quantitative estimate of drug-likeness (QED) is 0.580. The van der Waals surface area contributed by atoms with Gasteiger partial charge in [-0.05, 0) is 37.6 Å². The molecule has 1 atom stereocenters. The molecule has 24 heavy (non-hydrogen) atoms. The minimum atomic E-state index is -0.520. The number of carbonyl (C=O) groups excluding carboxylic acids is 1. The van der Waals surface area contributed by atoms with Gasteiger partial charge in [0.1, 0.15) is 5.82 Å². The molecule has 1 aromatic carbocycles. The Kier molecular flexibility index (Phi) is 4.35. The first-order valence-electron chi connectivity index (χ1n) is 7.39. The van der Waals surface area contributed by atoms with E-state index in [1.807, 2.05) is 19.1 Å². The number of nitrogens with two attached hydrogens (primary N) is 1. The monoisotopic (exact) mass is 340 g/mol. The number of aryl methyl sites for hydroxylation is 1. The normalized spacial score (nSPS) is 12.2. The Morgan fingerprint density at radius 1 is 1.25 bits per heavy atom. The summed E-state index contributed by atoms with van der Waals surface area (Å²) in [4.78, 5) is 33.3. The molecule has 0 aliphatic rings. The van der Waals surface area contributed by atoms with Crippen LogP contribution in [-0.4, -0.2) is 25.7 Å². The minimum absolute atomic E-state index is 0.221. The second-order valence-corrected chi connectivity index (χ2v) is 6.67. The van der Waals surface area contributed by atoms with Crippen molar-refractivity contribution in [2.75, 3.05) is 0 Å². The summed E-state index contributed by atoms with van der Waals surface area (Å²) in [7, 11) is 0. The molecule has 0 unspecified atom stereocenters. The van der Waals surface area contributed by atoms with Crippen LogP contribution in [0, 0.1) is 6.92 Å². The molecule has 7 heteroatoms. The third kappa shape index (κ3) is 2.90. The van der Waals surface area contributed by atoms with Crippen molar-refractivity contribution in [3.63, 3.8) is 0 Å². The predicted octanol–water partition coefficient (Wildman–Crippen LogP) is 2.06. The fraction of sp³-hybridized carbons (Fsp3) is 0.176. The van der Waals surface area contributed by atoms with Gasteiger partial charge < -0.3 is 5.73 Å². The average molecular weight is 340 g/mol. The van der Waals surface area contributed by atoms with Crippen LogP contribution in [0.5, 0.6) is 0 Å². The molecule has 3 rings (SSSR count). The van der Waals surface area contributed by atoms with E-state index in [0.29, 0.717) is 21.9 Å². The molecule has 0 saturated heterocycles. The van der Waals surface area contributed by atoms with Gasteiger partial charge in [-0.1, -0.05) is 30.0 Å². The van der Waals surface area contributed by atoms with Gasteiger partial charge in [0.05, 0.1) is 16.2 Å². The number of nitrogens with zero attached hydrogens (tertiary/aromatic N) is 3. The summed E-state index contributed by atoms with van der Waals surface area (Å²) < 4.78 is 1.45. The number of aromatic nitrogens is 3. The van der Waals surface area contributed by atoms with E-state index in [1.54, 1.807) is 37.4 Å². The molecule has 0 aliphatic carbocycles. The zero-order valence-corrected chi connectivity index (χ0v) is 14.1. The largest absolute Gasteiger partial charge is 0.369 e. The molecule has 1 amide bonds. The lowest BCUT2D eigenvalue weighted by Gasteiger charge is -2.15. The molecule has 2 heterocycles. The van der Waals surface area contributed by atoms with Crippen molar-refractivity contribution < 1.29 is 4.79 Å². The van der Waals surface area contributed by atoms with Crippen molar-refractivity contribution in [3.8, 4) is 5.82 Å². The summed E-state index contributed by atoms with van der Waals surface area (Å²) >= 11 is 1.15. The Labute approximate surface area is 142 Å². The average Bonchev–Trinajstić information content (AvgIpc) is 2.56. The maximum absolute atomic E-state index is 13.0. The molecule has 0 fully saturated rings. The number of amides is 1. The first kappa shape index (κ1) is 16.2. The Hall–Kier alpha value is -2.67. The molecular weight excluding hydrogens is 324 g/mol. The van der Waals surface area contributed by atoms with Gasteiger partial charge in [0.15, 0.2) is 5.16 Å². The number of para-hydroxylation sites is 1. The molecular formula is C17H16N4O2S. The van der Waals surface area contributed by atoms with Gasteiger partial charge in [-0.2, -0.15) is 0 Å². The standard InChI is InChI=1S/C17H16N4O2S/c1-10-6-5-9-19-15(10)21-16(23)12-7-3-4-8-13(12)20-17(21)24-11(2)14(18)22/h3-9,11H,1-2H3,(H2,18,22)/t11-/m0/s1. The summed E-state index contributed by atoms with van der Waals surface area (Å²) in [5, 5.41) is 0.374. The molecule has 6 nitrogen and oxygen atoms in total. The van der Waals surface area contributed by atoms with Crippen molar-refractivity contribution in [3.05, 3.63) is 58.5 Å². The number of pyridine rings is 1. The highest BCUT2D eigenvalue weighted by Crippen LogP contribution is 2.25. The first-order valence-corrected chi connectivity index (χ1v) is 8.26. The fourth-order valence-electron chi connectivity index (χ4n) is 2.31. The Bertz CT molecular complexity index is 984. The van der Waals surface area contributed by atoms with Crippen molar-refractivity contribution in [1.82, 2.24) is 14.5 Å². The zero-order valence-electron chi connectivity index (χ0n) is 13.3. The zero-order chi connectivity index (χ0) is 17.3. The Balaban J connectivity index is 2.32. The van der Waals surface area contributed by atoms with Gasteiger partial charge in [-0.15, -0.1) is 0 Å². The van der Waals surface area contributed by atoms with Crippen molar-refractivity contribution in [2.45, 2.75) is 24.3 Å². The third-order valence-electron chi connectivity index (χ3n) is 3.62. The second kappa shape index (κ2) is 6.45. The maximum atomic E-state index is 13.0. The molecule has 0 aliphatic heterocycles. The van der Waals surface area contributed by atoms with E-state index in [-0.39, 0.29) is 5.56 Å². The van der Waals surface area contributed by atoms with Crippen LogP contribution in [0.4, 0.5) is 0 Å². The Morgan fingerprint density at radius 2 is 2.00 bits per heavy atom. The number of thioether (sulfide) groups is 1. The van der Waals surface area contributed by atoms with E-state index >= 15 is 0 Å². The summed E-state index contributed by atoms with van der Waals surface area (Å²) in [5.41, 5.74) is 6.56. The van der Waals surface area contributed by atoms with Gasteiger partial charge in [-0.25, -0.2) is 14.5 Å². The van der Waals surface area contributed by atoms with E-state index in [2.05, 4.69) is 9.97 Å². The highest BCUT2D eigenvalue weighted by Gasteiger charge is 2.19. The summed E-state index contributed by atoms with van der Waals surface area (Å²) in [6.45, 7) is 3.56. The van der Waals surface area contributed by atoms with Gasteiger partial charge >= 0.3 is 0 Å². The van der Waals surface area contributed by atoms with Gasteiger partial charge in [-0.3, -0.25) is 9.59 Å². The number of fused-ring (bicyclic) bond motifs is 1. The van der Waals surface area contributed by atoms with Crippen LogP contribution in [-0.2, 0) is 4.79 Å². The van der Waals surface area contributed by atoms with Gasteiger partial charge in [0, 0.05) is 6.20 Å². The van der Waals surface area contributed by atoms with Gasteiger partial charge in [0.2, 0.25) is 5.91 Å². The maximum Gasteiger partial charge on any atom is 0.267 e.